The first-order chi connectivity index (χ1) is 3.72. The molecule has 0 saturated carbocycles. The molecule has 0 N–H and O–H groups in total. The van der Waals surface area contributed by atoms with E-state index < -0.39 is 0 Å². The first-order valence-electron chi connectivity index (χ1n) is 2.34. The molecule has 1 aliphatic heterocycles. The van der Waals surface area contributed by atoms with E-state index >= 15 is 0 Å². The van der Waals surface area contributed by atoms with Crippen molar-refractivity contribution in [2.45, 2.75) is 13.8 Å². The topological polar surface area (TPSA) is 24.7 Å². The molecule has 0 aromatic carbocycles. The Bertz CT molecular complexity index is 160. The summed E-state index contributed by atoms with van der Waals surface area (Å²) in [7, 11) is 0. The lowest BCUT2D eigenvalue weighted by Gasteiger charge is -1.90. The predicted molar refractivity (Wildman–Crippen MR) is 32.3 cm³/mol. The van der Waals surface area contributed by atoms with E-state index in [2.05, 4.69) is 10.2 Å². The van der Waals surface area contributed by atoms with Crippen LogP contribution in [0.15, 0.2) is 21.0 Å². The molecule has 0 fully saturated rings. The average molecular weight is 130 g/mol. The van der Waals surface area contributed by atoms with E-state index in [1.807, 2.05) is 13.8 Å². The molecule has 1 aliphatic rings. The minimum atomic E-state index is 0.685. The molecule has 0 unspecified atom stereocenters. The summed E-state index contributed by atoms with van der Waals surface area (Å²) >= 11 is 5.67. The highest BCUT2D eigenvalue weighted by atomic mass is 35.5. The zero-order chi connectivity index (χ0) is 6.15. The zero-order valence-electron chi connectivity index (χ0n) is 4.77. The van der Waals surface area contributed by atoms with Gasteiger partial charge in [-0.3, -0.25) is 0 Å². The van der Waals surface area contributed by atoms with E-state index in [0.717, 1.165) is 11.7 Å². The van der Waals surface area contributed by atoms with Crippen molar-refractivity contribution in [3.63, 3.8) is 0 Å². The molecule has 0 aromatic heterocycles. The molecule has 0 aliphatic carbocycles. The van der Waals surface area contributed by atoms with Gasteiger partial charge in [0.2, 0.25) is 0 Å². The molecule has 3 heteroatoms. The van der Waals surface area contributed by atoms with E-state index in [9.17, 15) is 0 Å². The van der Waals surface area contributed by atoms with Crippen molar-refractivity contribution in [1.82, 2.24) is 0 Å². The first-order valence-corrected chi connectivity index (χ1v) is 2.71. The molecule has 1 heterocycles. The molecule has 2 nitrogen and oxygen atoms in total. The van der Waals surface area contributed by atoms with Crippen LogP contribution in [-0.4, -0.2) is 0 Å². The third-order valence-electron chi connectivity index (χ3n) is 0.985. The quantitative estimate of drug-likeness (QED) is 0.480. The number of azo groups is 1. The van der Waals surface area contributed by atoms with Crippen molar-refractivity contribution in [1.29, 1.82) is 0 Å². The highest BCUT2D eigenvalue weighted by molar-refractivity contribution is 6.31. The summed E-state index contributed by atoms with van der Waals surface area (Å²) in [4.78, 5) is 0. The summed E-state index contributed by atoms with van der Waals surface area (Å²) in [6, 6.07) is 0.809. The maximum atomic E-state index is 5.67. The average Bonchev–Trinajstić information content (AvgIpc) is 1.98. The summed E-state index contributed by atoms with van der Waals surface area (Å²) in [5, 5.41) is 8.15. The number of halogens is 1. The zero-order valence-corrected chi connectivity index (χ0v) is 5.53. The Kier molecular flexibility index (Phi) is 1.34. The molecular formula is C5H6ClN2. The standard InChI is InChI=1S/C5H6ClN2/c1-3-5(6)4(2)8-7-3/h1-2H3. The minimum Gasteiger partial charge on any atom is -0.174 e. The van der Waals surface area contributed by atoms with Crippen LogP contribution in [0, 0.1) is 6.04 Å². The van der Waals surface area contributed by atoms with Gasteiger partial charge in [0.05, 0.1) is 10.7 Å². The molecule has 0 saturated heterocycles. The van der Waals surface area contributed by atoms with Crippen LogP contribution < -0.4 is 0 Å². The third kappa shape index (κ3) is 0.757. The van der Waals surface area contributed by atoms with Crippen molar-refractivity contribution in [3.05, 3.63) is 16.8 Å². The lowest BCUT2D eigenvalue weighted by atomic mass is 10.3. The van der Waals surface area contributed by atoms with Crippen LogP contribution in [0.5, 0.6) is 0 Å². The number of hydrogen-bond donors (Lipinski definition) is 0. The van der Waals surface area contributed by atoms with Gasteiger partial charge in [0.15, 0.2) is 0 Å². The summed E-state index contributed by atoms with van der Waals surface area (Å²) in [5.41, 5.74) is 0.809. The van der Waals surface area contributed by atoms with Crippen molar-refractivity contribution in [2.75, 3.05) is 0 Å². The summed E-state index contributed by atoms with van der Waals surface area (Å²) < 4.78 is 0. The maximum Gasteiger partial charge on any atom is 0.148 e. The van der Waals surface area contributed by atoms with Gasteiger partial charge in [-0.25, -0.2) is 0 Å². The highest BCUT2D eigenvalue weighted by Crippen LogP contribution is 2.29. The summed E-state index contributed by atoms with van der Waals surface area (Å²) in [6.45, 7) is 3.67. The Labute approximate surface area is 53.3 Å². The number of hydrogen-bond acceptors (Lipinski definition) is 2. The molecule has 1 radical (unpaired) electrons. The molecule has 0 atom stereocenters. The smallest absolute Gasteiger partial charge is 0.148 e. The Balaban J connectivity index is 2.85. The van der Waals surface area contributed by atoms with Gasteiger partial charge in [-0.05, 0) is 13.8 Å². The fourth-order valence-electron chi connectivity index (χ4n) is 0.500. The predicted octanol–water partition coefficient (Wildman–Crippen LogP) is 2.47. The fourth-order valence-corrected chi connectivity index (χ4v) is 0.575. The fraction of sp³-hybridized carbons (Fsp3) is 0.400. The first kappa shape index (κ1) is 5.76. The van der Waals surface area contributed by atoms with Crippen LogP contribution in [0.1, 0.15) is 13.8 Å². The van der Waals surface area contributed by atoms with Crippen molar-refractivity contribution < 1.29 is 0 Å². The van der Waals surface area contributed by atoms with Crippen molar-refractivity contribution in [3.8, 4) is 0 Å². The molecule has 43 valence electrons. The second-order valence-electron chi connectivity index (χ2n) is 1.68. The Morgan fingerprint density at radius 1 is 1.25 bits per heavy atom. The van der Waals surface area contributed by atoms with Crippen LogP contribution in [0.25, 0.3) is 0 Å². The van der Waals surface area contributed by atoms with E-state index in [0.29, 0.717) is 5.03 Å². The number of allylic oxidation sites excluding steroid dienone is 1. The van der Waals surface area contributed by atoms with Gasteiger partial charge in [-0.15, -0.1) is 0 Å². The van der Waals surface area contributed by atoms with Gasteiger partial charge in [-0.2, -0.15) is 10.2 Å². The Morgan fingerprint density at radius 3 is 2.00 bits per heavy atom. The van der Waals surface area contributed by atoms with E-state index in [1.165, 1.54) is 0 Å². The van der Waals surface area contributed by atoms with Crippen molar-refractivity contribution in [2.24, 2.45) is 10.2 Å². The van der Waals surface area contributed by atoms with Crippen LogP contribution in [0.3, 0.4) is 0 Å². The van der Waals surface area contributed by atoms with Gasteiger partial charge in [0.25, 0.3) is 0 Å². The SMILES string of the molecule is C[C]1N=NC(C)=C1Cl. The second kappa shape index (κ2) is 1.86. The monoisotopic (exact) mass is 129 g/mol. The summed E-state index contributed by atoms with van der Waals surface area (Å²) in [6.07, 6.45) is 0. The molecular weight excluding hydrogens is 124 g/mol. The molecule has 0 aromatic rings. The van der Waals surface area contributed by atoms with Crippen LogP contribution in [-0.2, 0) is 0 Å². The van der Waals surface area contributed by atoms with Gasteiger partial charge < -0.3 is 0 Å². The highest BCUT2D eigenvalue weighted by Gasteiger charge is 2.14. The van der Waals surface area contributed by atoms with E-state index in [-0.39, 0.29) is 0 Å². The Morgan fingerprint density at radius 2 is 1.88 bits per heavy atom. The lowest BCUT2D eigenvalue weighted by molar-refractivity contribution is 1.05. The summed E-state index contributed by atoms with van der Waals surface area (Å²) in [5.74, 6) is 0. The van der Waals surface area contributed by atoms with Gasteiger partial charge >= 0.3 is 0 Å². The molecule has 0 spiro atoms. The number of nitrogens with zero attached hydrogens (tertiary/aromatic N) is 2. The lowest BCUT2D eigenvalue weighted by Crippen LogP contribution is -1.79. The van der Waals surface area contributed by atoms with Gasteiger partial charge in [0, 0.05) is 0 Å². The largest absolute Gasteiger partial charge is 0.174 e. The second-order valence-corrected chi connectivity index (χ2v) is 2.06. The molecule has 8 heavy (non-hydrogen) atoms. The van der Waals surface area contributed by atoms with Crippen LogP contribution in [0.4, 0.5) is 0 Å². The van der Waals surface area contributed by atoms with Crippen LogP contribution >= 0.6 is 11.6 Å². The van der Waals surface area contributed by atoms with Crippen molar-refractivity contribution >= 4 is 11.6 Å². The van der Waals surface area contributed by atoms with Gasteiger partial charge in [0.1, 0.15) is 6.04 Å². The van der Waals surface area contributed by atoms with E-state index in [4.69, 9.17) is 11.6 Å². The minimum absolute atomic E-state index is 0.685. The maximum absolute atomic E-state index is 5.67. The normalized spacial score (nSPS) is 20.9. The molecule has 1 rings (SSSR count). The third-order valence-corrected chi connectivity index (χ3v) is 1.53. The van der Waals surface area contributed by atoms with E-state index in [1.54, 1.807) is 0 Å². The number of rotatable bonds is 0. The van der Waals surface area contributed by atoms with Gasteiger partial charge in [-0.1, -0.05) is 11.6 Å². The Hall–Kier alpha value is -0.370. The molecule has 0 bridgehead atoms. The van der Waals surface area contributed by atoms with Crippen LogP contribution in [0.2, 0.25) is 0 Å². The molecule has 0 amide bonds.